The SMILES string of the molecule is CS(=O)(=O)N(N)C(=O)OC1CCS(=O)(=O)C1. The van der Waals surface area contributed by atoms with Gasteiger partial charge in [-0.3, -0.25) is 0 Å². The van der Waals surface area contributed by atoms with Crippen LogP contribution in [0.25, 0.3) is 0 Å². The molecule has 0 aromatic heterocycles. The highest BCUT2D eigenvalue weighted by Crippen LogP contribution is 2.15. The monoisotopic (exact) mass is 272 g/mol. The van der Waals surface area contributed by atoms with Crippen molar-refractivity contribution in [3.05, 3.63) is 0 Å². The molecule has 0 aromatic rings. The van der Waals surface area contributed by atoms with Gasteiger partial charge in [0.05, 0.1) is 17.8 Å². The molecule has 1 aliphatic rings. The van der Waals surface area contributed by atoms with Gasteiger partial charge in [-0.25, -0.2) is 27.5 Å². The van der Waals surface area contributed by atoms with Crippen molar-refractivity contribution in [2.75, 3.05) is 17.8 Å². The van der Waals surface area contributed by atoms with Gasteiger partial charge in [0.2, 0.25) is 0 Å². The molecular formula is C6H12N2O6S2. The van der Waals surface area contributed by atoms with E-state index >= 15 is 0 Å². The molecule has 1 fully saturated rings. The number of nitrogens with zero attached hydrogens (tertiary/aromatic N) is 1. The van der Waals surface area contributed by atoms with Crippen LogP contribution in [-0.2, 0) is 24.6 Å². The molecule has 1 rings (SSSR count). The van der Waals surface area contributed by atoms with Gasteiger partial charge >= 0.3 is 6.09 Å². The first-order chi connectivity index (χ1) is 7.12. The fourth-order valence-electron chi connectivity index (χ4n) is 1.18. The van der Waals surface area contributed by atoms with Gasteiger partial charge < -0.3 is 4.74 Å². The number of amides is 1. The molecule has 16 heavy (non-hydrogen) atoms. The molecule has 10 heteroatoms. The number of nitrogens with two attached hydrogens (primary N) is 1. The van der Waals surface area contributed by atoms with E-state index in [1.807, 2.05) is 0 Å². The number of rotatable bonds is 2. The molecule has 0 spiro atoms. The average molecular weight is 272 g/mol. The van der Waals surface area contributed by atoms with Crippen molar-refractivity contribution >= 4 is 26.0 Å². The van der Waals surface area contributed by atoms with Crippen molar-refractivity contribution in [3.8, 4) is 0 Å². The molecule has 1 heterocycles. The van der Waals surface area contributed by atoms with Crippen molar-refractivity contribution < 1.29 is 26.4 Å². The molecule has 1 aliphatic heterocycles. The minimum atomic E-state index is -3.89. The van der Waals surface area contributed by atoms with E-state index in [0.29, 0.717) is 0 Å². The molecule has 0 radical (unpaired) electrons. The van der Waals surface area contributed by atoms with Crippen LogP contribution < -0.4 is 5.84 Å². The lowest BCUT2D eigenvalue weighted by molar-refractivity contribution is 0.0921. The Labute approximate surface area is 93.3 Å². The number of hydrazine groups is 1. The highest BCUT2D eigenvalue weighted by Gasteiger charge is 2.33. The first-order valence-corrected chi connectivity index (χ1v) is 7.95. The molecule has 2 N–H and O–H groups in total. The number of hydrogen-bond donors (Lipinski definition) is 1. The highest BCUT2D eigenvalue weighted by molar-refractivity contribution is 7.91. The van der Waals surface area contributed by atoms with Crippen molar-refractivity contribution in [2.24, 2.45) is 5.84 Å². The first-order valence-electron chi connectivity index (χ1n) is 4.28. The molecule has 1 atom stereocenters. The van der Waals surface area contributed by atoms with Crippen LogP contribution in [0.5, 0.6) is 0 Å². The number of hydrogen-bond acceptors (Lipinski definition) is 7. The van der Waals surface area contributed by atoms with E-state index in [1.54, 1.807) is 0 Å². The topological polar surface area (TPSA) is 124 Å². The van der Waals surface area contributed by atoms with Crippen LogP contribution in [0.3, 0.4) is 0 Å². The second-order valence-electron chi connectivity index (χ2n) is 3.47. The molecule has 0 aromatic carbocycles. The summed E-state index contributed by atoms with van der Waals surface area (Å²) in [6, 6.07) is 0. The molecular weight excluding hydrogens is 260 g/mol. The smallest absolute Gasteiger partial charge is 0.438 e. The minimum absolute atomic E-state index is 0.0576. The Morgan fingerprint density at radius 2 is 2.06 bits per heavy atom. The molecule has 8 nitrogen and oxygen atoms in total. The fraction of sp³-hybridized carbons (Fsp3) is 0.833. The highest BCUT2D eigenvalue weighted by atomic mass is 32.2. The molecule has 0 bridgehead atoms. The van der Waals surface area contributed by atoms with Crippen molar-refractivity contribution in [3.63, 3.8) is 0 Å². The summed E-state index contributed by atoms with van der Waals surface area (Å²) >= 11 is 0. The Morgan fingerprint density at radius 3 is 2.44 bits per heavy atom. The van der Waals surface area contributed by atoms with Crippen LogP contribution >= 0.6 is 0 Å². The third kappa shape index (κ3) is 3.32. The number of sulfonamides is 1. The van der Waals surface area contributed by atoms with Crippen LogP contribution in [0.15, 0.2) is 0 Å². The first kappa shape index (κ1) is 13.2. The van der Waals surface area contributed by atoms with Gasteiger partial charge in [-0.05, 0) is 6.42 Å². The predicted molar refractivity (Wildman–Crippen MR) is 54.4 cm³/mol. The molecule has 0 saturated carbocycles. The summed E-state index contributed by atoms with van der Waals surface area (Å²) in [5, 5.41) is 0. The van der Waals surface area contributed by atoms with Gasteiger partial charge in [-0.1, -0.05) is 0 Å². The lowest BCUT2D eigenvalue weighted by atomic mass is 10.3. The van der Waals surface area contributed by atoms with Gasteiger partial charge in [0.25, 0.3) is 10.0 Å². The average Bonchev–Trinajstić information content (AvgIpc) is 2.42. The largest absolute Gasteiger partial charge is 0.443 e. The van der Waals surface area contributed by atoms with Gasteiger partial charge in [-0.15, -0.1) is 4.41 Å². The summed E-state index contributed by atoms with van der Waals surface area (Å²) in [6.45, 7) is 0. The quantitative estimate of drug-likeness (QED) is 0.366. The lowest BCUT2D eigenvalue weighted by Crippen LogP contribution is -2.43. The maximum Gasteiger partial charge on any atom is 0.438 e. The lowest BCUT2D eigenvalue weighted by Gasteiger charge is -2.16. The van der Waals surface area contributed by atoms with Crippen LogP contribution in [0.1, 0.15) is 6.42 Å². The van der Waals surface area contributed by atoms with Gasteiger partial charge in [0.15, 0.2) is 9.84 Å². The van der Waals surface area contributed by atoms with Crippen LogP contribution in [0.4, 0.5) is 4.79 Å². The summed E-state index contributed by atoms with van der Waals surface area (Å²) in [7, 11) is -7.07. The Morgan fingerprint density at radius 1 is 1.50 bits per heavy atom. The Kier molecular flexibility index (Phi) is 3.45. The summed E-state index contributed by atoms with van der Waals surface area (Å²) in [5.41, 5.74) is 0. The zero-order valence-corrected chi connectivity index (χ0v) is 10.1. The molecule has 94 valence electrons. The molecule has 1 amide bonds. The second kappa shape index (κ2) is 4.18. The Balaban J connectivity index is 2.61. The van der Waals surface area contributed by atoms with Crippen LogP contribution in [0, 0.1) is 0 Å². The van der Waals surface area contributed by atoms with Gasteiger partial charge in [0.1, 0.15) is 6.10 Å². The summed E-state index contributed by atoms with van der Waals surface area (Å²) in [5.74, 6) is 4.59. The summed E-state index contributed by atoms with van der Waals surface area (Å²) in [4.78, 5) is 11.2. The third-order valence-corrected chi connectivity index (χ3v) is 4.60. The predicted octanol–water partition coefficient (Wildman–Crippen LogP) is -1.55. The minimum Gasteiger partial charge on any atom is -0.443 e. The zero-order chi connectivity index (χ0) is 12.6. The van der Waals surface area contributed by atoms with E-state index in [1.165, 1.54) is 0 Å². The number of ether oxygens (including phenoxy) is 1. The molecule has 0 aliphatic carbocycles. The van der Waals surface area contributed by atoms with Crippen LogP contribution in [0.2, 0.25) is 0 Å². The van der Waals surface area contributed by atoms with Gasteiger partial charge in [0, 0.05) is 0 Å². The van der Waals surface area contributed by atoms with Crippen molar-refractivity contribution in [2.45, 2.75) is 12.5 Å². The van der Waals surface area contributed by atoms with E-state index in [4.69, 9.17) is 5.84 Å². The Hall–Kier alpha value is -0.870. The molecule has 1 saturated heterocycles. The summed E-state index contributed by atoms with van der Waals surface area (Å²) in [6.07, 6.45) is -1.21. The van der Waals surface area contributed by atoms with E-state index in [2.05, 4.69) is 4.74 Å². The van der Waals surface area contributed by atoms with E-state index < -0.39 is 32.1 Å². The van der Waals surface area contributed by atoms with Gasteiger partial charge in [-0.2, -0.15) is 0 Å². The maximum atomic E-state index is 11.2. The maximum absolute atomic E-state index is 11.2. The number of sulfone groups is 1. The van der Waals surface area contributed by atoms with E-state index in [9.17, 15) is 21.6 Å². The van der Waals surface area contributed by atoms with E-state index in [0.717, 1.165) is 6.26 Å². The Bertz CT molecular complexity index is 481. The summed E-state index contributed by atoms with van der Waals surface area (Å²) < 4.78 is 48.4. The second-order valence-corrected chi connectivity index (χ2v) is 7.56. The number of carbonyl (C=O) groups excluding carboxylic acids is 1. The van der Waals surface area contributed by atoms with Crippen molar-refractivity contribution in [1.82, 2.24) is 4.41 Å². The number of carbonyl (C=O) groups is 1. The normalized spacial score (nSPS) is 24.0. The standard InChI is InChI=1S/C6H12N2O6S2/c1-15(10,11)8(7)6(9)14-5-2-3-16(12,13)4-5/h5H,2-4,7H2,1H3. The van der Waals surface area contributed by atoms with Crippen molar-refractivity contribution in [1.29, 1.82) is 0 Å². The molecule has 1 unspecified atom stereocenters. The zero-order valence-electron chi connectivity index (χ0n) is 8.49. The third-order valence-electron chi connectivity index (χ3n) is 2.00. The van der Waals surface area contributed by atoms with Crippen LogP contribution in [-0.4, -0.2) is 51.2 Å². The fourth-order valence-corrected chi connectivity index (χ4v) is 3.09. The van der Waals surface area contributed by atoms with E-state index in [-0.39, 0.29) is 22.3 Å².